The molecular weight excluding hydrogens is 271 g/mol. The lowest BCUT2D eigenvalue weighted by Crippen LogP contribution is -2.42. The van der Waals surface area contributed by atoms with E-state index in [9.17, 15) is 4.39 Å². The molecule has 0 radical (unpaired) electrons. The molecule has 0 amide bonds. The van der Waals surface area contributed by atoms with Crippen molar-refractivity contribution in [2.45, 2.75) is 25.4 Å². The van der Waals surface area contributed by atoms with Gasteiger partial charge in [0.15, 0.2) is 0 Å². The van der Waals surface area contributed by atoms with Gasteiger partial charge in [0.25, 0.3) is 0 Å². The summed E-state index contributed by atoms with van der Waals surface area (Å²) >= 11 is 3.16. The third-order valence-electron chi connectivity index (χ3n) is 2.93. The van der Waals surface area contributed by atoms with Crippen molar-refractivity contribution in [2.24, 2.45) is 5.73 Å². The molecular formula is C12H16BrFN2. The van der Waals surface area contributed by atoms with Crippen molar-refractivity contribution in [3.8, 4) is 0 Å². The minimum atomic E-state index is -0.196. The van der Waals surface area contributed by atoms with E-state index >= 15 is 0 Å². The van der Waals surface area contributed by atoms with Crippen LogP contribution in [0, 0.1) is 5.82 Å². The molecule has 1 saturated heterocycles. The number of benzene rings is 1. The molecule has 0 aliphatic carbocycles. The molecule has 0 aromatic heterocycles. The third-order valence-corrected chi connectivity index (χ3v) is 3.58. The molecule has 2 nitrogen and oxygen atoms in total. The molecule has 88 valence electrons. The van der Waals surface area contributed by atoms with Crippen LogP contribution in [0.15, 0.2) is 22.7 Å². The summed E-state index contributed by atoms with van der Waals surface area (Å²) in [6, 6.07) is 5.57. The van der Waals surface area contributed by atoms with Crippen LogP contribution in [-0.4, -0.2) is 24.0 Å². The summed E-state index contributed by atoms with van der Waals surface area (Å²) in [5.74, 6) is -0.196. The molecule has 1 aromatic carbocycles. The Morgan fingerprint density at radius 1 is 1.50 bits per heavy atom. The average Bonchev–Trinajstić information content (AvgIpc) is 2.24. The summed E-state index contributed by atoms with van der Waals surface area (Å²) in [6.45, 7) is 2.76. The first-order chi connectivity index (χ1) is 7.65. The van der Waals surface area contributed by atoms with E-state index in [4.69, 9.17) is 5.73 Å². The van der Waals surface area contributed by atoms with Crippen LogP contribution in [0.2, 0.25) is 0 Å². The number of halogens is 2. The zero-order chi connectivity index (χ0) is 11.5. The van der Waals surface area contributed by atoms with Gasteiger partial charge in [0, 0.05) is 19.1 Å². The Hall–Kier alpha value is -0.450. The largest absolute Gasteiger partial charge is 0.327 e. The lowest BCUT2D eigenvalue weighted by molar-refractivity contribution is 0.201. The van der Waals surface area contributed by atoms with Gasteiger partial charge in [-0.15, -0.1) is 0 Å². The normalized spacial score (nSPS) is 22.3. The van der Waals surface area contributed by atoms with Crippen LogP contribution < -0.4 is 5.73 Å². The van der Waals surface area contributed by atoms with Crippen molar-refractivity contribution < 1.29 is 4.39 Å². The Balaban J connectivity index is 2.00. The highest BCUT2D eigenvalue weighted by atomic mass is 79.9. The highest BCUT2D eigenvalue weighted by molar-refractivity contribution is 9.10. The molecule has 1 aromatic rings. The Bertz CT molecular complexity index is 370. The zero-order valence-electron chi connectivity index (χ0n) is 9.13. The number of hydrogen-bond acceptors (Lipinski definition) is 2. The quantitative estimate of drug-likeness (QED) is 0.905. The van der Waals surface area contributed by atoms with Crippen molar-refractivity contribution >= 4 is 15.9 Å². The predicted octanol–water partition coefficient (Wildman–Crippen LogP) is 2.51. The Kier molecular flexibility index (Phi) is 3.95. The van der Waals surface area contributed by atoms with Gasteiger partial charge in [-0.25, -0.2) is 4.39 Å². The van der Waals surface area contributed by atoms with Crippen LogP contribution >= 0.6 is 15.9 Å². The van der Waals surface area contributed by atoms with Crippen LogP contribution in [0.5, 0.6) is 0 Å². The number of piperidine rings is 1. The maximum absolute atomic E-state index is 13.3. The molecule has 4 heteroatoms. The number of nitrogens with zero attached hydrogens (tertiary/aromatic N) is 1. The van der Waals surface area contributed by atoms with E-state index in [0.29, 0.717) is 4.47 Å². The molecule has 1 aliphatic rings. The Morgan fingerprint density at radius 3 is 3.00 bits per heavy atom. The standard InChI is InChI=1S/C12H16BrFN2/c13-11-4-3-9(6-12(11)14)7-16-5-1-2-10(15)8-16/h3-4,6,10H,1-2,5,7-8,15H2. The van der Waals surface area contributed by atoms with E-state index in [1.807, 2.05) is 6.07 Å². The number of rotatable bonds is 2. The molecule has 1 atom stereocenters. The van der Waals surface area contributed by atoms with Crippen LogP contribution in [0.4, 0.5) is 4.39 Å². The summed E-state index contributed by atoms with van der Waals surface area (Å²) in [6.07, 6.45) is 2.24. The first-order valence-corrected chi connectivity index (χ1v) is 6.36. The Labute approximate surface area is 104 Å². The monoisotopic (exact) mass is 286 g/mol. The lowest BCUT2D eigenvalue weighted by Gasteiger charge is -2.30. The summed E-state index contributed by atoms with van der Waals surface area (Å²) in [5, 5.41) is 0. The molecule has 2 N–H and O–H groups in total. The minimum Gasteiger partial charge on any atom is -0.327 e. The predicted molar refractivity (Wildman–Crippen MR) is 66.6 cm³/mol. The van der Waals surface area contributed by atoms with Crippen LogP contribution in [-0.2, 0) is 6.54 Å². The van der Waals surface area contributed by atoms with Gasteiger partial charge < -0.3 is 5.73 Å². The molecule has 1 unspecified atom stereocenters. The van der Waals surface area contributed by atoms with Crippen LogP contribution in [0.25, 0.3) is 0 Å². The Morgan fingerprint density at radius 2 is 2.31 bits per heavy atom. The number of nitrogens with two attached hydrogens (primary N) is 1. The van der Waals surface area contributed by atoms with E-state index < -0.39 is 0 Å². The molecule has 0 saturated carbocycles. The van der Waals surface area contributed by atoms with Gasteiger partial charge in [0.1, 0.15) is 5.82 Å². The second kappa shape index (κ2) is 5.25. The summed E-state index contributed by atoms with van der Waals surface area (Å²) in [4.78, 5) is 2.29. The maximum atomic E-state index is 13.3. The van der Waals surface area contributed by atoms with Crippen molar-refractivity contribution in [2.75, 3.05) is 13.1 Å². The van der Waals surface area contributed by atoms with Gasteiger partial charge >= 0.3 is 0 Å². The first kappa shape index (κ1) is 12.0. The molecule has 0 bridgehead atoms. The minimum absolute atomic E-state index is 0.196. The summed E-state index contributed by atoms with van der Waals surface area (Å²) in [5.41, 5.74) is 6.92. The fourth-order valence-electron chi connectivity index (χ4n) is 2.13. The molecule has 1 aliphatic heterocycles. The molecule has 16 heavy (non-hydrogen) atoms. The van der Waals surface area contributed by atoms with E-state index in [1.165, 1.54) is 0 Å². The molecule has 1 heterocycles. The number of hydrogen-bond donors (Lipinski definition) is 1. The average molecular weight is 287 g/mol. The van der Waals surface area contributed by atoms with Crippen molar-refractivity contribution in [1.29, 1.82) is 0 Å². The first-order valence-electron chi connectivity index (χ1n) is 5.57. The van der Waals surface area contributed by atoms with Gasteiger partial charge in [-0.3, -0.25) is 4.90 Å². The van der Waals surface area contributed by atoms with Crippen LogP contribution in [0.3, 0.4) is 0 Å². The van der Waals surface area contributed by atoms with E-state index in [-0.39, 0.29) is 11.9 Å². The van der Waals surface area contributed by atoms with Gasteiger partial charge in [-0.1, -0.05) is 6.07 Å². The SMILES string of the molecule is NC1CCCN(Cc2ccc(Br)c(F)c2)C1. The second-order valence-electron chi connectivity index (χ2n) is 4.39. The van der Waals surface area contributed by atoms with Crippen molar-refractivity contribution in [1.82, 2.24) is 4.90 Å². The molecule has 0 spiro atoms. The summed E-state index contributed by atoms with van der Waals surface area (Å²) < 4.78 is 13.8. The zero-order valence-corrected chi connectivity index (χ0v) is 10.7. The van der Waals surface area contributed by atoms with Crippen molar-refractivity contribution in [3.63, 3.8) is 0 Å². The fourth-order valence-corrected chi connectivity index (χ4v) is 2.38. The lowest BCUT2D eigenvalue weighted by atomic mass is 10.1. The number of likely N-dealkylation sites (tertiary alicyclic amines) is 1. The highest BCUT2D eigenvalue weighted by Crippen LogP contribution is 2.18. The third kappa shape index (κ3) is 3.03. The molecule has 1 fully saturated rings. The fraction of sp³-hybridized carbons (Fsp3) is 0.500. The van der Waals surface area contributed by atoms with Gasteiger partial charge in [-0.05, 0) is 53.0 Å². The van der Waals surface area contributed by atoms with E-state index in [1.54, 1.807) is 12.1 Å². The smallest absolute Gasteiger partial charge is 0.137 e. The van der Waals surface area contributed by atoms with Gasteiger partial charge in [0.05, 0.1) is 4.47 Å². The topological polar surface area (TPSA) is 29.3 Å². The van der Waals surface area contributed by atoms with E-state index in [2.05, 4.69) is 20.8 Å². The maximum Gasteiger partial charge on any atom is 0.137 e. The second-order valence-corrected chi connectivity index (χ2v) is 5.24. The van der Waals surface area contributed by atoms with Crippen LogP contribution in [0.1, 0.15) is 18.4 Å². The van der Waals surface area contributed by atoms with E-state index in [0.717, 1.165) is 38.0 Å². The van der Waals surface area contributed by atoms with Crippen molar-refractivity contribution in [3.05, 3.63) is 34.1 Å². The molecule has 2 rings (SSSR count). The highest BCUT2D eigenvalue weighted by Gasteiger charge is 2.16. The van der Waals surface area contributed by atoms with Gasteiger partial charge in [-0.2, -0.15) is 0 Å². The van der Waals surface area contributed by atoms with Gasteiger partial charge in [0.2, 0.25) is 0 Å². The summed E-state index contributed by atoms with van der Waals surface area (Å²) in [7, 11) is 0.